The SMILES string of the molecule is Cn1cc(COc2cccc(O)c2)c2cccc(CN)c21. The van der Waals surface area contributed by atoms with Gasteiger partial charge in [-0.25, -0.2) is 0 Å². The molecule has 2 aromatic carbocycles. The number of para-hydroxylation sites is 1. The fourth-order valence-corrected chi connectivity index (χ4v) is 2.65. The monoisotopic (exact) mass is 282 g/mol. The van der Waals surface area contributed by atoms with Crippen molar-refractivity contribution in [1.82, 2.24) is 4.57 Å². The standard InChI is InChI=1S/C17H18N2O2/c1-19-10-13(11-21-15-6-3-5-14(20)8-15)16-7-2-4-12(9-18)17(16)19/h2-8,10,20H,9,11,18H2,1H3. The van der Waals surface area contributed by atoms with Crippen molar-refractivity contribution in [2.45, 2.75) is 13.2 Å². The van der Waals surface area contributed by atoms with Gasteiger partial charge in [-0.3, -0.25) is 0 Å². The first kappa shape index (κ1) is 13.5. The Morgan fingerprint density at radius 3 is 2.71 bits per heavy atom. The normalized spacial score (nSPS) is 11.0. The van der Waals surface area contributed by atoms with Gasteiger partial charge in [0.15, 0.2) is 0 Å². The predicted molar refractivity (Wildman–Crippen MR) is 83.2 cm³/mol. The topological polar surface area (TPSA) is 60.4 Å². The van der Waals surface area contributed by atoms with Crippen molar-refractivity contribution in [2.24, 2.45) is 12.8 Å². The van der Waals surface area contributed by atoms with Crippen molar-refractivity contribution >= 4 is 10.9 Å². The summed E-state index contributed by atoms with van der Waals surface area (Å²) in [6.07, 6.45) is 2.06. The molecule has 0 atom stereocenters. The molecule has 0 unspecified atom stereocenters. The van der Waals surface area contributed by atoms with Crippen LogP contribution in [0.3, 0.4) is 0 Å². The van der Waals surface area contributed by atoms with Crippen molar-refractivity contribution in [3.05, 3.63) is 59.8 Å². The second kappa shape index (κ2) is 5.50. The third-order valence-electron chi connectivity index (χ3n) is 3.60. The summed E-state index contributed by atoms with van der Waals surface area (Å²) in [5.41, 5.74) is 9.18. The lowest BCUT2D eigenvalue weighted by atomic mass is 10.1. The van der Waals surface area contributed by atoms with E-state index in [-0.39, 0.29) is 5.75 Å². The lowest BCUT2D eigenvalue weighted by molar-refractivity contribution is 0.305. The van der Waals surface area contributed by atoms with E-state index >= 15 is 0 Å². The Labute approximate surface area is 123 Å². The van der Waals surface area contributed by atoms with E-state index in [0.29, 0.717) is 18.9 Å². The third-order valence-corrected chi connectivity index (χ3v) is 3.60. The van der Waals surface area contributed by atoms with E-state index in [1.54, 1.807) is 18.2 Å². The van der Waals surface area contributed by atoms with E-state index in [4.69, 9.17) is 10.5 Å². The molecule has 108 valence electrons. The molecule has 1 heterocycles. The van der Waals surface area contributed by atoms with Crippen molar-refractivity contribution in [3.63, 3.8) is 0 Å². The van der Waals surface area contributed by atoms with Crippen LogP contribution in [0, 0.1) is 0 Å². The summed E-state index contributed by atoms with van der Waals surface area (Å²) in [5.74, 6) is 0.859. The van der Waals surface area contributed by atoms with E-state index in [1.165, 1.54) is 0 Å². The largest absolute Gasteiger partial charge is 0.508 e. The molecule has 0 aliphatic carbocycles. The molecule has 0 saturated carbocycles. The number of benzene rings is 2. The maximum atomic E-state index is 9.46. The minimum atomic E-state index is 0.204. The zero-order valence-electron chi connectivity index (χ0n) is 11.9. The molecule has 21 heavy (non-hydrogen) atoms. The molecule has 4 heteroatoms. The number of nitrogens with two attached hydrogens (primary N) is 1. The van der Waals surface area contributed by atoms with Gasteiger partial charge in [-0.15, -0.1) is 0 Å². The van der Waals surface area contributed by atoms with E-state index in [1.807, 2.05) is 25.2 Å². The van der Waals surface area contributed by atoms with Gasteiger partial charge in [-0.1, -0.05) is 24.3 Å². The molecule has 0 aliphatic rings. The predicted octanol–water partition coefficient (Wildman–Crippen LogP) is 2.92. The summed E-state index contributed by atoms with van der Waals surface area (Å²) in [7, 11) is 2.01. The highest BCUT2D eigenvalue weighted by molar-refractivity contribution is 5.86. The zero-order chi connectivity index (χ0) is 14.8. The fraction of sp³-hybridized carbons (Fsp3) is 0.176. The molecule has 0 aliphatic heterocycles. The smallest absolute Gasteiger partial charge is 0.123 e. The van der Waals surface area contributed by atoms with Gasteiger partial charge in [0.25, 0.3) is 0 Å². The van der Waals surface area contributed by atoms with Gasteiger partial charge in [0.05, 0.1) is 5.52 Å². The molecule has 1 aromatic heterocycles. The van der Waals surface area contributed by atoms with E-state index < -0.39 is 0 Å². The second-order valence-corrected chi connectivity index (χ2v) is 5.07. The highest BCUT2D eigenvalue weighted by Crippen LogP contribution is 2.26. The summed E-state index contributed by atoms with van der Waals surface area (Å²) >= 11 is 0. The van der Waals surface area contributed by atoms with Gasteiger partial charge in [0, 0.05) is 36.8 Å². The Bertz CT molecular complexity index is 778. The quantitative estimate of drug-likeness (QED) is 0.773. The zero-order valence-corrected chi connectivity index (χ0v) is 11.9. The number of aryl methyl sites for hydroxylation is 1. The Hall–Kier alpha value is -2.46. The van der Waals surface area contributed by atoms with Gasteiger partial charge < -0.3 is 20.1 Å². The van der Waals surface area contributed by atoms with Crippen LogP contribution in [0.1, 0.15) is 11.1 Å². The van der Waals surface area contributed by atoms with Crippen LogP contribution in [0.4, 0.5) is 0 Å². The molecule has 3 aromatic rings. The van der Waals surface area contributed by atoms with Crippen LogP contribution >= 0.6 is 0 Å². The number of rotatable bonds is 4. The lowest BCUT2D eigenvalue weighted by Crippen LogP contribution is -1.99. The minimum absolute atomic E-state index is 0.204. The number of phenolic OH excluding ortho intramolecular Hbond substituents is 1. The fourth-order valence-electron chi connectivity index (χ4n) is 2.65. The van der Waals surface area contributed by atoms with E-state index in [0.717, 1.165) is 22.0 Å². The minimum Gasteiger partial charge on any atom is -0.508 e. The average molecular weight is 282 g/mol. The summed E-state index contributed by atoms with van der Waals surface area (Å²) in [6.45, 7) is 0.969. The van der Waals surface area contributed by atoms with Gasteiger partial charge in [0.1, 0.15) is 18.1 Å². The highest BCUT2D eigenvalue weighted by atomic mass is 16.5. The number of hydrogen-bond acceptors (Lipinski definition) is 3. The molecule has 3 rings (SSSR count). The van der Waals surface area contributed by atoms with Crippen molar-refractivity contribution in [2.75, 3.05) is 0 Å². The van der Waals surface area contributed by atoms with Crippen molar-refractivity contribution in [1.29, 1.82) is 0 Å². The van der Waals surface area contributed by atoms with E-state index in [9.17, 15) is 5.11 Å². The average Bonchev–Trinajstić information content (AvgIpc) is 2.82. The molecule has 0 radical (unpaired) electrons. The number of hydrogen-bond donors (Lipinski definition) is 2. The molecule has 0 amide bonds. The first-order valence-corrected chi connectivity index (χ1v) is 6.86. The molecule has 0 saturated heterocycles. The first-order chi connectivity index (χ1) is 10.2. The number of fused-ring (bicyclic) bond motifs is 1. The van der Waals surface area contributed by atoms with Crippen molar-refractivity contribution in [3.8, 4) is 11.5 Å². The summed E-state index contributed by atoms with van der Waals surface area (Å²) in [4.78, 5) is 0. The molecule has 0 spiro atoms. The summed E-state index contributed by atoms with van der Waals surface area (Å²) in [6, 6.07) is 13.0. The lowest BCUT2D eigenvalue weighted by Gasteiger charge is -2.06. The Kier molecular flexibility index (Phi) is 3.54. The summed E-state index contributed by atoms with van der Waals surface area (Å²) < 4.78 is 7.85. The van der Waals surface area contributed by atoms with Gasteiger partial charge in [-0.2, -0.15) is 0 Å². The first-order valence-electron chi connectivity index (χ1n) is 6.86. The highest BCUT2D eigenvalue weighted by Gasteiger charge is 2.10. The van der Waals surface area contributed by atoms with Gasteiger partial charge >= 0.3 is 0 Å². The molecule has 3 N–H and O–H groups in total. The van der Waals surface area contributed by atoms with Crippen LogP contribution in [0.2, 0.25) is 0 Å². The number of aromatic nitrogens is 1. The van der Waals surface area contributed by atoms with Crippen LogP contribution in [-0.2, 0) is 20.2 Å². The van der Waals surface area contributed by atoms with Crippen LogP contribution < -0.4 is 10.5 Å². The number of phenols is 1. The maximum Gasteiger partial charge on any atom is 0.123 e. The third kappa shape index (κ3) is 2.58. The van der Waals surface area contributed by atoms with Crippen LogP contribution in [0.5, 0.6) is 11.5 Å². The number of aromatic hydroxyl groups is 1. The number of ether oxygens (including phenoxy) is 1. The molecular formula is C17H18N2O2. The molecule has 0 fully saturated rings. The Balaban J connectivity index is 1.91. The van der Waals surface area contributed by atoms with Crippen LogP contribution in [0.25, 0.3) is 10.9 Å². The maximum absolute atomic E-state index is 9.46. The number of nitrogens with zero attached hydrogens (tertiary/aromatic N) is 1. The van der Waals surface area contributed by atoms with Crippen molar-refractivity contribution < 1.29 is 9.84 Å². The second-order valence-electron chi connectivity index (χ2n) is 5.07. The van der Waals surface area contributed by atoms with Gasteiger partial charge in [0.2, 0.25) is 0 Å². The Morgan fingerprint density at radius 2 is 1.95 bits per heavy atom. The molecule has 0 bridgehead atoms. The van der Waals surface area contributed by atoms with Crippen LogP contribution in [-0.4, -0.2) is 9.67 Å². The molecule has 4 nitrogen and oxygen atoms in total. The van der Waals surface area contributed by atoms with Crippen LogP contribution in [0.15, 0.2) is 48.7 Å². The summed E-state index contributed by atoms with van der Waals surface area (Å²) in [5, 5.41) is 10.6. The van der Waals surface area contributed by atoms with E-state index in [2.05, 4.69) is 16.8 Å². The molecular weight excluding hydrogens is 264 g/mol. The van der Waals surface area contributed by atoms with Gasteiger partial charge in [-0.05, 0) is 17.7 Å². The Morgan fingerprint density at radius 1 is 1.14 bits per heavy atom.